The van der Waals surface area contributed by atoms with E-state index in [0.717, 1.165) is 38.3 Å². The van der Waals surface area contributed by atoms with Gasteiger partial charge in [0.25, 0.3) is 0 Å². The number of aromatic nitrogens is 2. The van der Waals surface area contributed by atoms with Gasteiger partial charge in [0.1, 0.15) is 5.75 Å². The number of rotatable bonds is 9. The molecule has 162 valence electrons. The minimum absolute atomic E-state index is 0.444. The van der Waals surface area contributed by atoms with E-state index in [-0.39, 0.29) is 0 Å². The van der Waals surface area contributed by atoms with Crippen LogP contribution in [-0.4, -0.2) is 29.7 Å². The second kappa shape index (κ2) is 10.4. The summed E-state index contributed by atoms with van der Waals surface area (Å²) in [4.78, 5) is 9.57. The van der Waals surface area contributed by atoms with Crippen LogP contribution in [0.3, 0.4) is 0 Å². The highest BCUT2D eigenvalue weighted by Gasteiger charge is 2.22. The molecule has 31 heavy (non-hydrogen) atoms. The summed E-state index contributed by atoms with van der Waals surface area (Å²) < 4.78 is 5.77. The van der Waals surface area contributed by atoms with Crippen LogP contribution in [0, 0.1) is 5.92 Å². The quantitative estimate of drug-likeness (QED) is 0.525. The highest BCUT2D eigenvalue weighted by atomic mass is 16.5. The van der Waals surface area contributed by atoms with Gasteiger partial charge in [0.05, 0.1) is 12.3 Å². The van der Waals surface area contributed by atoms with E-state index in [1.54, 1.807) is 0 Å². The van der Waals surface area contributed by atoms with Crippen molar-refractivity contribution in [2.75, 3.05) is 25.0 Å². The van der Waals surface area contributed by atoms with Gasteiger partial charge in [-0.3, -0.25) is 0 Å². The zero-order chi connectivity index (χ0) is 21.5. The van der Waals surface area contributed by atoms with Gasteiger partial charge in [0.2, 0.25) is 5.95 Å². The molecule has 0 spiro atoms. The summed E-state index contributed by atoms with van der Waals surface area (Å²) in [7, 11) is 0. The highest BCUT2D eigenvalue weighted by molar-refractivity contribution is 5.37. The van der Waals surface area contributed by atoms with Gasteiger partial charge in [-0.1, -0.05) is 56.3 Å². The molecule has 1 atom stereocenters. The molecular formula is C26H32N4O. The second-order valence-corrected chi connectivity index (χ2v) is 8.66. The predicted molar refractivity (Wildman–Crippen MR) is 126 cm³/mol. The van der Waals surface area contributed by atoms with Gasteiger partial charge in [0.15, 0.2) is 0 Å². The summed E-state index contributed by atoms with van der Waals surface area (Å²) in [5, 5.41) is 6.87. The van der Waals surface area contributed by atoms with E-state index < -0.39 is 0 Å². The third-order valence-corrected chi connectivity index (χ3v) is 5.54. The van der Waals surface area contributed by atoms with Gasteiger partial charge in [-0.05, 0) is 47.7 Å². The van der Waals surface area contributed by atoms with Gasteiger partial charge >= 0.3 is 0 Å². The van der Waals surface area contributed by atoms with Crippen LogP contribution in [-0.2, 0) is 13.0 Å². The first-order valence-corrected chi connectivity index (χ1v) is 11.2. The first-order chi connectivity index (χ1) is 15.2. The summed E-state index contributed by atoms with van der Waals surface area (Å²) >= 11 is 0. The third-order valence-electron chi connectivity index (χ3n) is 5.54. The second-order valence-electron chi connectivity index (χ2n) is 8.66. The SMILES string of the molecule is CC(C)COc1ccc(CNc2ncc(Cc3ccccc3)c(C3CCNC3)n2)cc1. The van der Waals surface area contributed by atoms with Gasteiger partial charge in [0, 0.05) is 31.6 Å². The Balaban J connectivity index is 1.44. The maximum Gasteiger partial charge on any atom is 0.223 e. The molecule has 0 radical (unpaired) electrons. The molecule has 2 aromatic carbocycles. The van der Waals surface area contributed by atoms with Crippen molar-refractivity contribution >= 4 is 5.95 Å². The molecule has 0 amide bonds. The van der Waals surface area contributed by atoms with Crippen LogP contribution in [0.1, 0.15) is 48.6 Å². The van der Waals surface area contributed by atoms with E-state index in [0.29, 0.717) is 24.3 Å². The molecule has 4 rings (SSSR count). The van der Waals surface area contributed by atoms with Crippen LogP contribution < -0.4 is 15.4 Å². The Hall–Kier alpha value is -2.92. The summed E-state index contributed by atoms with van der Waals surface area (Å²) in [5.74, 6) is 2.57. The number of nitrogens with zero attached hydrogens (tertiary/aromatic N) is 2. The monoisotopic (exact) mass is 416 g/mol. The molecule has 1 aliphatic rings. The molecular weight excluding hydrogens is 384 g/mol. The number of anilines is 1. The normalized spacial score (nSPS) is 15.9. The first-order valence-electron chi connectivity index (χ1n) is 11.2. The Kier molecular flexibility index (Phi) is 7.15. The molecule has 2 heterocycles. The van der Waals surface area contributed by atoms with E-state index >= 15 is 0 Å². The standard InChI is InChI=1S/C26H32N4O/c1-19(2)18-31-24-10-8-21(9-11-24)15-28-26-29-17-23(14-20-6-4-3-5-7-20)25(30-26)22-12-13-27-16-22/h3-11,17,19,22,27H,12-16,18H2,1-2H3,(H,28,29,30). The molecule has 5 nitrogen and oxygen atoms in total. The first kappa shape index (κ1) is 21.3. The van der Waals surface area contributed by atoms with Crippen molar-refractivity contribution in [3.63, 3.8) is 0 Å². The zero-order valence-corrected chi connectivity index (χ0v) is 18.5. The van der Waals surface area contributed by atoms with Gasteiger partial charge in [-0.2, -0.15) is 0 Å². The van der Waals surface area contributed by atoms with Crippen molar-refractivity contribution < 1.29 is 4.74 Å². The summed E-state index contributed by atoms with van der Waals surface area (Å²) in [6.45, 7) is 7.76. The number of nitrogens with one attached hydrogen (secondary N) is 2. The molecule has 0 saturated carbocycles. The molecule has 1 aromatic heterocycles. The molecule has 0 aliphatic carbocycles. The third kappa shape index (κ3) is 6.05. The molecule has 0 bridgehead atoms. The zero-order valence-electron chi connectivity index (χ0n) is 18.5. The van der Waals surface area contributed by atoms with Crippen molar-refractivity contribution in [3.05, 3.63) is 83.2 Å². The minimum Gasteiger partial charge on any atom is -0.493 e. The number of hydrogen-bond donors (Lipinski definition) is 2. The van der Waals surface area contributed by atoms with Gasteiger partial charge < -0.3 is 15.4 Å². The smallest absolute Gasteiger partial charge is 0.223 e. The van der Waals surface area contributed by atoms with E-state index in [9.17, 15) is 0 Å². The Morgan fingerprint density at radius 2 is 1.87 bits per heavy atom. The lowest BCUT2D eigenvalue weighted by Gasteiger charge is -2.16. The molecule has 1 fully saturated rings. The molecule has 1 aliphatic heterocycles. The maximum absolute atomic E-state index is 5.77. The highest BCUT2D eigenvalue weighted by Crippen LogP contribution is 2.26. The number of benzene rings is 2. The summed E-state index contributed by atoms with van der Waals surface area (Å²) in [6.07, 6.45) is 3.99. The van der Waals surface area contributed by atoms with Crippen LogP contribution in [0.2, 0.25) is 0 Å². The molecule has 1 saturated heterocycles. The van der Waals surface area contributed by atoms with E-state index in [4.69, 9.17) is 9.72 Å². The lowest BCUT2D eigenvalue weighted by molar-refractivity contribution is 0.271. The topological polar surface area (TPSA) is 59.1 Å². The molecule has 3 aromatic rings. The van der Waals surface area contributed by atoms with Crippen molar-refractivity contribution in [2.45, 2.75) is 39.2 Å². The largest absolute Gasteiger partial charge is 0.493 e. The van der Waals surface area contributed by atoms with Crippen LogP contribution in [0.25, 0.3) is 0 Å². The van der Waals surface area contributed by atoms with Crippen molar-refractivity contribution in [3.8, 4) is 5.75 Å². The lowest BCUT2D eigenvalue weighted by atomic mass is 9.96. The maximum atomic E-state index is 5.77. The fourth-order valence-electron chi connectivity index (χ4n) is 3.85. The average molecular weight is 417 g/mol. The summed E-state index contributed by atoms with van der Waals surface area (Å²) in [5.41, 5.74) is 4.86. The van der Waals surface area contributed by atoms with Crippen LogP contribution in [0.4, 0.5) is 5.95 Å². The van der Waals surface area contributed by atoms with Gasteiger partial charge in [-0.15, -0.1) is 0 Å². The fourth-order valence-corrected chi connectivity index (χ4v) is 3.85. The van der Waals surface area contributed by atoms with E-state index in [1.165, 1.54) is 22.4 Å². The van der Waals surface area contributed by atoms with Crippen LogP contribution in [0.15, 0.2) is 60.8 Å². The predicted octanol–water partition coefficient (Wildman–Crippen LogP) is 4.79. The summed E-state index contributed by atoms with van der Waals surface area (Å²) in [6, 6.07) is 18.8. The van der Waals surface area contributed by atoms with Crippen molar-refractivity contribution in [1.29, 1.82) is 0 Å². The van der Waals surface area contributed by atoms with Crippen LogP contribution in [0.5, 0.6) is 5.75 Å². The molecule has 2 N–H and O–H groups in total. The Morgan fingerprint density at radius 3 is 2.58 bits per heavy atom. The number of hydrogen-bond acceptors (Lipinski definition) is 5. The van der Waals surface area contributed by atoms with Crippen molar-refractivity contribution in [1.82, 2.24) is 15.3 Å². The Morgan fingerprint density at radius 1 is 1.06 bits per heavy atom. The van der Waals surface area contributed by atoms with Crippen molar-refractivity contribution in [2.24, 2.45) is 5.92 Å². The van der Waals surface area contributed by atoms with Crippen LogP contribution >= 0.6 is 0 Å². The Bertz CT molecular complexity index is 951. The number of ether oxygens (including phenoxy) is 1. The molecule has 5 heteroatoms. The average Bonchev–Trinajstić information content (AvgIpc) is 3.33. The molecule has 1 unspecified atom stereocenters. The lowest BCUT2D eigenvalue weighted by Crippen LogP contribution is -2.13. The Labute approximate surface area is 185 Å². The van der Waals surface area contributed by atoms with E-state index in [1.807, 2.05) is 18.3 Å². The fraction of sp³-hybridized carbons (Fsp3) is 0.385. The minimum atomic E-state index is 0.444. The van der Waals surface area contributed by atoms with E-state index in [2.05, 4.69) is 71.9 Å². The van der Waals surface area contributed by atoms with Gasteiger partial charge in [-0.25, -0.2) is 9.97 Å².